The summed E-state index contributed by atoms with van der Waals surface area (Å²) in [4.78, 5) is 58.7. The molecular weight excluding hydrogens is 694 g/mol. The number of amides is 3. The maximum absolute atomic E-state index is 15.0. The first-order valence-corrected chi connectivity index (χ1v) is 18.5. The molecule has 0 unspecified atom stereocenters. The van der Waals surface area contributed by atoms with E-state index in [9.17, 15) is 22.8 Å². The van der Waals surface area contributed by atoms with E-state index in [2.05, 4.69) is 26.3 Å². The zero-order chi connectivity index (χ0) is 37.5. The largest absolute Gasteiger partial charge is 0.497 e. The van der Waals surface area contributed by atoms with Crippen LogP contribution in [0, 0.1) is 11.8 Å². The number of hydrogen-bond donors (Lipinski definition) is 2. The fourth-order valence-electron chi connectivity index (χ4n) is 6.61. The Kier molecular flexibility index (Phi) is 10.1. The van der Waals surface area contributed by atoms with Crippen LogP contribution in [0.4, 0.5) is 5.95 Å². The molecule has 1 aromatic carbocycles. The standard InChI is InChI=1S/C35H43N7O9S/c1-7-21-17-35(21,33(45)40-52(46,47)24-9-10-24)41-18-23(51-30-25-11-8-22(48-4)14-20(25)12-13-37-30)15-26(41)31(43)42(32(44)29(36)19(2)3)34-38-27(49-5)16-28(39-34)50-6/h7-8,11-14,16,19,21,23-24,26,29H,1,9-10,15,17-18,36H2,2-6H3,(H,40,45)/t21-,23-,26+,29+,35-/m1/s1. The van der Waals surface area contributed by atoms with Crippen LogP contribution in [0.15, 0.2) is 49.2 Å². The number of imide groups is 1. The van der Waals surface area contributed by atoms with Crippen LogP contribution in [0.1, 0.15) is 39.5 Å². The maximum atomic E-state index is 15.0. The van der Waals surface area contributed by atoms with E-state index in [1.54, 1.807) is 56.3 Å². The molecule has 3 aromatic rings. The van der Waals surface area contributed by atoms with E-state index in [0.717, 1.165) is 10.3 Å². The Morgan fingerprint density at radius 3 is 2.35 bits per heavy atom. The van der Waals surface area contributed by atoms with E-state index >= 15 is 0 Å². The number of nitrogens with two attached hydrogens (primary N) is 1. The Morgan fingerprint density at radius 2 is 1.77 bits per heavy atom. The highest BCUT2D eigenvalue weighted by Crippen LogP contribution is 2.53. The second-order valence-electron chi connectivity index (χ2n) is 13.5. The number of fused-ring (bicyclic) bond motifs is 1. The molecule has 1 aliphatic heterocycles. The van der Waals surface area contributed by atoms with E-state index in [0.29, 0.717) is 24.0 Å². The molecule has 3 heterocycles. The lowest BCUT2D eigenvalue weighted by atomic mass is 10.0. The average Bonchev–Trinajstić information content (AvgIpc) is 4.07. The zero-order valence-corrected chi connectivity index (χ0v) is 30.5. The van der Waals surface area contributed by atoms with Gasteiger partial charge in [-0.05, 0) is 54.8 Å². The van der Waals surface area contributed by atoms with E-state index in [-0.39, 0.29) is 48.9 Å². The lowest BCUT2D eigenvalue weighted by Gasteiger charge is -2.34. The fraction of sp³-hybridized carbons (Fsp3) is 0.486. The van der Waals surface area contributed by atoms with Crippen LogP contribution in [-0.2, 0) is 24.4 Å². The van der Waals surface area contributed by atoms with E-state index < -0.39 is 62.6 Å². The number of pyridine rings is 1. The Hall–Kier alpha value is -4.87. The van der Waals surface area contributed by atoms with Crippen LogP contribution in [0.25, 0.3) is 10.8 Å². The van der Waals surface area contributed by atoms with Crippen molar-refractivity contribution >= 4 is 44.5 Å². The van der Waals surface area contributed by atoms with Gasteiger partial charge in [0.1, 0.15) is 17.4 Å². The second-order valence-corrected chi connectivity index (χ2v) is 15.5. The highest BCUT2D eigenvalue weighted by Gasteiger charge is 2.67. The molecule has 0 radical (unpaired) electrons. The van der Waals surface area contributed by atoms with E-state index in [4.69, 9.17) is 24.7 Å². The van der Waals surface area contributed by atoms with Crippen LogP contribution in [-0.4, -0.2) is 103 Å². The van der Waals surface area contributed by atoms with Crippen molar-refractivity contribution in [1.29, 1.82) is 0 Å². The number of nitrogens with one attached hydrogen (secondary N) is 1. The SMILES string of the molecule is C=C[C@@H]1C[C@@]1(C(=O)NS(=O)(=O)C1CC1)N1C[C@H](Oc2nccc3cc(OC)ccc23)C[C@H]1C(=O)N(C(=O)[C@@H](N)C(C)C)c1nc(OC)cc(OC)n1. The zero-order valence-electron chi connectivity index (χ0n) is 29.6. The third-order valence-electron chi connectivity index (χ3n) is 9.86. The third kappa shape index (κ3) is 6.87. The number of likely N-dealkylation sites (tertiary alicyclic amines) is 1. The van der Waals surface area contributed by atoms with Gasteiger partial charge < -0.3 is 24.7 Å². The quantitative estimate of drug-likeness (QED) is 0.227. The molecule has 52 heavy (non-hydrogen) atoms. The molecule has 16 nitrogen and oxygen atoms in total. The van der Waals surface area contributed by atoms with Crippen LogP contribution >= 0.6 is 0 Å². The lowest BCUT2D eigenvalue weighted by molar-refractivity contribution is -0.133. The minimum absolute atomic E-state index is 0.00752. The molecule has 17 heteroatoms. The van der Waals surface area contributed by atoms with Crippen LogP contribution in [0.5, 0.6) is 23.4 Å². The van der Waals surface area contributed by atoms with Crippen molar-refractivity contribution in [3.05, 3.63) is 49.2 Å². The highest BCUT2D eigenvalue weighted by molar-refractivity contribution is 7.91. The minimum Gasteiger partial charge on any atom is -0.497 e. The summed E-state index contributed by atoms with van der Waals surface area (Å²) >= 11 is 0. The molecule has 2 aliphatic carbocycles. The van der Waals surface area contributed by atoms with E-state index in [1.807, 2.05) is 6.07 Å². The lowest BCUT2D eigenvalue weighted by Crippen LogP contribution is -2.60. The van der Waals surface area contributed by atoms with Crippen molar-refractivity contribution < 1.29 is 41.7 Å². The number of anilines is 1. The van der Waals surface area contributed by atoms with E-state index in [1.165, 1.54) is 20.3 Å². The van der Waals surface area contributed by atoms with Crippen molar-refractivity contribution in [3.8, 4) is 23.4 Å². The molecule has 3 fully saturated rings. The van der Waals surface area contributed by atoms with Crippen LogP contribution in [0.2, 0.25) is 0 Å². The van der Waals surface area contributed by atoms with Gasteiger partial charge in [0, 0.05) is 30.5 Å². The number of carbonyl (C=O) groups is 3. The Labute approximate surface area is 301 Å². The Bertz CT molecular complexity index is 1990. The summed E-state index contributed by atoms with van der Waals surface area (Å²) in [5.41, 5.74) is 4.85. The first kappa shape index (κ1) is 36.9. The van der Waals surface area contributed by atoms with Gasteiger partial charge in [-0.25, -0.2) is 18.3 Å². The topological polar surface area (TPSA) is 205 Å². The van der Waals surface area contributed by atoms with Gasteiger partial charge in [0.15, 0.2) is 0 Å². The molecule has 278 valence electrons. The molecular formula is C35H43N7O9S. The fourth-order valence-corrected chi connectivity index (χ4v) is 7.97. The van der Waals surface area contributed by atoms with Crippen molar-refractivity contribution in [2.75, 3.05) is 32.8 Å². The van der Waals surface area contributed by atoms with Crippen molar-refractivity contribution in [1.82, 2.24) is 24.6 Å². The average molecular weight is 738 g/mol. The number of aromatic nitrogens is 3. The molecule has 1 saturated heterocycles. The molecule has 0 spiro atoms. The summed E-state index contributed by atoms with van der Waals surface area (Å²) in [7, 11) is 0.328. The van der Waals surface area contributed by atoms with Crippen molar-refractivity contribution in [2.24, 2.45) is 17.6 Å². The summed E-state index contributed by atoms with van der Waals surface area (Å²) < 4.78 is 50.8. The highest BCUT2D eigenvalue weighted by atomic mass is 32.2. The summed E-state index contributed by atoms with van der Waals surface area (Å²) in [6.07, 6.45) is 3.44. The molecule has 3 N–H and O–H groups in total. The summed E-state index contributed by atoms with van der Waals surface area (Å²) in [5, 5.41) is 0.813. The number of carbonyl (C=O) groups excluding carboxylic acids is 3. The molecule has 5 atom stereocenters. The number of hydrogen-bond acceptors (Lipinski definition) is 14. The first-order valence-electron chi connectivity index (χ1n) is 16.9. The minimum atomic E-state index is -3.96. The number of sulfonamides is 1. The summed E-state index contributed by atoms with van der Waals surface area (Å²) in [5.74, 6) is -2.68. The van der Waals surface area contributed by atoms with Crippen molar-refractivity contribution in [3.63, 3.8) is 0 Å². The number of nitrogens with zero attached hydrogens (tertiary/aromatic N) is 5. The second kappa shape index (κ2) is 14.3. The monoisotopic (exact) mass is 737 g/mol. The summed E-state index contributed by atoms with van der Waals surface area (Å²) in [6, 6.07) is 6.23. The van der Waals surface area contributed by atoms with Crippen LogP contribution < -0.4 is 34.3 Å². The molecule has 2 saturated carbocycles. The number of methoxy groups -OCH3 is 3. The predicted molar refractivity (Wildman–Crippen MR) is 189 cm³/mol. The molecule has 6 rings (SSSR count). The maximum Gasteiger partial charge on any atom is 0.254 e. The first-order chi connectivity index (χ1) is 24.8. The third-order valence-corrected chi connectivity index (χ3v) is 11.7. The van der Waals surface area contributed by atoms with Gasteiger partial charge in [0.2, 0.25) is 33.6 Å². The van der Waals surface area contributed by atoms with Crippen molar-refractivity contribution in [2.45, 2.75) is 68.5 Å². The molecule has 3 aliphatic rings. The Morgan fingerprint density at radius 1 is 1.08 bits per heavy atom. The molecule has 3 amide bonds. The van der Waals surface area contributed by atoms with Gasteiger partial charge >= 0.3 is 0 Å². The smallest absolute Gasteiger partial charge is 0.254 e. The predicted octanol–water partition coefficient (Wildman–Crippen LogP) is 1.97. The normalized spacial score (nSPS) is 23.5. The Balaban J connectivity index is 1.43. The van der Waals surface area contributed by atoms with Crippen LogP contribution in [0.3, 0.4) is 0 Å². The van der Waals surface area contributed by atoms with Gasteiger partial charge in [0.25, 0.3) is 17.7 Å². The number of benzene rings is 1. The number of ether oxygens (including phenoxy) is 4. The van der Waals surface area contributed by atoms with Gasteiger partial charge in [-0.2, -0.15) is 9.97 Å². The summed E-state index contributed by atoms with van der Waals surface area (Å²) in [6.45, 7) is 7.35. The number of rotatable bonds is 14. The molecule has 2 aromatic heterocycles. The van der Waals surface area contributed by atoms with Gasteiger partial charge in [-0.3, -0.25) is 24.0 Å². The van der Waals surface area contributed by atoms with Gasteiger partial charge in [-0.15, -0.1) is 6.58 Å². The molecule has 0 bridgehead atoms. The van der Waals surface area contributed by atoms with Gasteiger partial charge in [-0.1, -0.05) is 19.9 Å². The van der Waals surface area contributed by atoms with Gasteiger partial charge in [0.05, 0.1) is 44.7 Å².